The summed E-state index contributed by atoms with van der Waals surface area (Å²) in [4.78, 5) is 27.4. The number of aryl methyl sites for hydroxylation is 1. The van der Waals surface area contributed by atoms with Gasteiger partial charge in [0.05, 0.1) is 6.61 Å². The number of aromatic amines is 1. The number of pyridine rings is 1. The van der Waals surface area contributed by atoms with E-state index in [2.05, 4.69) is 10.1 Å². The molecule has 0 atom stereocenters. The zero-order valence-corrected chi connectivity index (χ0v) is 10.1. The number of nitrogens with zero attached hydrogens (tertiary/aromatic N) is 2. The van der Waals surface area contributed by atoms with Crippen LogP contribution >= 0.6 is 0 Å². The lowest BCUT2D eigenvalue weighted by Crippen LogP contribution is -2.15. The van der Waals surface area contributed by atoms with Gasteiger partial charge in [0.15, 0.2) is 5.82 Å². The number of hydrogen-bond donors (Lipinski definition) is 1. The van der Waals surface area contributed by atoms with Crippen LogP contribution < -0.4 is 5.56 Å². The summed E-state index contributed by atoms with van der Waals surface area (Å²) in [5.74, 6) is -0.114. The number of carbonyl (C=O) groups excluding carboxylic acids is 1. The van der Waals surface area contributed by atoms with Crippen molar-refractivity contribution in [1.82, 2.24) is 14.8 Å². The minimum Gasteiger partial charge on any atom is -0.461 e. The van der Waals surface area contributed by atoms with Gasteiger partial charge in [0.2, 0.25) is 0 Å². The zero-order valence-electron chi connectivity index (χ0n) is 10.1. The van der Waals surface area contributed by atoms with Gasteiger partial charge in [-0.25, -0.2) is 14.5 Å². The van der Waals surface area contributed by atoms with Gasteiger partial charge in [0, 0.05) is 11.8 Å². The molecular weight excluding hydrogens is 234 g/mol. The van der Waals surface area contributed by atoms with Crippen molar-refractivity contribution >= 4 is 5.97 Å². The molecular formula is C12H13N3O3. The SMILES string of the molecule is CCOC(=O)c1cc(=O)n(-c2cccc(C)n2)[nH]1. The van der Waals surface area contributed by atoms with Crippen molar-refractivity contribution in [2.75, 3.05) is 6.61 Å². The molecule has 0 saturated carbocycles. The number of hydrogen-bond acceptors (Lipinski definition) is 4. The molecule has 0 aliphatic heterocycles. The Morgan fingerprint density at radius 1 is 1.50 bits per heavy atom. The first-order valence-electron chi connectivity index (χ1n) is 5.55. The molecule has 0 amide bonds. The van der Waals surface area contributed by atoms with E-state index in [1.807, 2.05) is 13.0 Å². The average molecular weight is 247 g/mol. The fraction of sp³-hybridized carbons (Fsp3) is 0.250. The lowest BCUT2D eigenvalue weighted by Gasteiger charge is -2.02. The van der Waals surface area contributed by atoms with Crippen LogP contribution in [0.5, 0.6) is 0 Å². The van der Waals surface area contributed by atoms with Crippen molar-refractivity contribution in [3.8, 4) is 5.82 Å². The smallest absolute Gasteiger partial charge is 0.356 e. The van der Waals surface area contributed by atoms with E-state index >= 15 is 0 Å². The summed E-state index contributed by atoms with van der Waals surface area (Å²) in [5.41, 5.74) is 0.549. The number of H-pyrrole nitrogens is 1. The molecule has 94 valence electrons. The van der Waals surface area contributed by atoms with E-state index in [4.69, 9.17) is 4.74 Å². The van der Waals surface area contributed by atoms with Crippen LogP contribution in [-0.4, -0.2) is 27.3 Å². The topological polar surface area (TPSA) is 77.0 Å². The second-order valence-corrected chi connectivity index (χ2v) is 3.70. The molecule has 0 bridgehead atoms. The molecule has 6 nitrogen and oxygen atoms in total. The molecule has 0 unspecified atom stereocenters. The van der Waals surface area contributed by atoms with Crippen LogP contribution in [0.15, 0.2) is 29.1 Å². The monoisotopic (exact) mass is 247 g/mol. The highest BCUT2D eigenvalue weighted by molar-refractivity contribution is 5.87. The van der Waals surface area contributed by atoms with Crippen LogP contribution in [0.4, 0.5) is 0 Å². The standard InChI is InChI=1S/C12H13N3O3/c1-3-18-12(17)9-7-11(16)15(14-9)10-6-4-5-8(2)13-10/h4-7,14H,3H2,1-2H3. The Labute approximate surface area is 103 Å². The van der Waals surface area contributed by atoms with E-state index in [1.54, 1.807) is 19.1 Å². The zero-order chi connectivity index (χ0) is 13.1. The fourth-order valence-corrected chi connectivity index (χ4v) is 1.53. The van der Waals surface area contributed by atoms with Crippen LogP contribution in [0.1, 0.15) is 23.1 Å². The Morgan fingerprint density at radius 2 is 2.28 bits per heavy atom. The number of aromatic nitrogens is 3. The van der Waals surface area contributed by atoms with Gasteiger partial charge in [-0.1, -0.05) is 6.07 Å². The van der Waals surface area contributed by atoms with Crippen LogP contribution in [0.2, 0.25) is 0 Å². The van der Waals surface area contributed by atoms with Crippen LogP contribution in [0.3, 0.4) is 0 Å². The van der Waals surface area contributed by atoms with Crippen molar-refractivity contribution in [1.29, 1.82) is 0 Å². The number of rotatable bonds is 3. The third kappa shape index (κ3) is 2.32. The van der Waals surface area contributed by atoms with E-state index in [-0.39, 0.29) is 17.9 Å². The van der Waals surface area contributed by atoms with Crippen molar-refractivity contribution in [2.24, 2.45) is 0 Å². The molecule has 2 rings (SSSR count). The van der Waals surface area contributed by atoms with Gasteiger partial charge >= 0.3 is 5.97 Å². The first-order valence-corrected chi connectivity index (χ1v) is 5.55. The summed E-state index contributed by atoms with van der Waals surface area (Å²) >= 11 is 0. The minimum atomic E-state index is -0.555. The molecule has 2 aromatic heterocycles. The number of esters is 1. The average Bonchev–Trinajstić information content (AvgIpc) is 2.72. The molecule has 2 heterocycles. The molecule has 0 aliphatic rings. The second kappa shape index (κ2) is 4.87. The van der Waals surface area contributed by atoms with Gasteiger partial charge in [-0.15, -0.1) is 0 Å². The largest absolute Gasteiger partial charge is 0.461 e. The highest BCUT2D eigenvalue weighted by atomic mass is 16.5. The molecule has 0 aromatic carbocycles. The van der Waals surface area contributed by atoms with Crippen LogP contribution in [0.25, 0.3) is 5.82 Å². The van der Waals surface area contributed by atoms with Gasteiger partial charge in [-0.05, 0) is 26.0 Å². The minimum absolute atomic E-state index is 0.116. The molecule has 2 aromatic rings. The van der Waals surface area contributed by atoms with E-state index < -0.39 is 5.97 Å². The Balaban J connectivity index is 2.41. The van der Waals surface area contributed by atoms with Gasteiger partial charge in [0.1, 0.15) is 5.69 Å². The normalized spacial score (nSPS) is 10.3. The summed E-state index contributed by atoms with van der Waals surface area (Å²) in [5, 5.41) is 2.68. The molecule has 0 aliphatic carbocycles. The Bertz CT molecular complexity index is 627. The van der Waals surface area contributed by atoms with Gasteiger partial charge in [-0.2, -0.15) is 0 Å². The van der Waals surface area contributed by atoms with E-state index in [0.717, 1.165) is 5.69 Å². The third-order valence-electron chi connectivity index (χ3n) is 2.32. The molecule has 0 spiro atoms. The quantitative estimate of drug-likeness (QED) is 0.822. The van der Waals surface area contributed by atoms with Crippen molar-refractivity contribution < 1.29 is 9.53 Å². The predicted octanol–water partition coefficient (Wildman–Crippen LogP) is 1.05. The Kier molecular flexibility index (Phi) is 3.27. The lowest BCUT2D eigenvalue weighted by atomic mass is 10.4. The van der Waals surface area contributed by atoms with Crippen molar-refractivity contribution in [3.05, 3.63) is 46.0 Å². The molecule has 6 heteroatoms. The van der Waals surface area contributed by atoms with E-state index in [0.29, 0.717) is 5.82 Å². The Morgan fingerprint density at radius 3 is 2.94 bits per heavy atom. The van der Waals surface area contributed by atoms with E-state index in [1.165, 1.54) is 10.7 Å². The first kappa shape index (κ1) is 12.1. The van der Waals surface area contributed by atoms with Gasteiger partial charge in [-0.3, -0.25) is 9.89 Å². The fourth-order valence-electron chi connectivity index (χ4n) is 1.53. The van der Waals surface area contributed by atoms with Crippen LogP contribution in [-0.2, 0) is 4.74 Å². The summed E-state index contributed by atoms with van der Waals surface area (Å²) in [6, 6.07) is 6.49. The molecule has 1 N–H and O–H groups in total. The van der Waals surface area contributed by atoms with Gasteiger partial charge in [0.25, 0.3) is 5.56 Å². The van der Waals surface area contributed by atoms with Gasteiger partial charge < -0.3 is 4.74 Å². The summed E-state index contributed by atoms with van der Waals surface area (Å²) < 4.78 is 6.02. The molecule has 18 heavy (non-hydrogen) atoms. The van der Waals surface area contributed by atoms with Crippen molar-refractivity contribution in [2.45, 2.75) is 13.8 Å². The summed E-state index contributed by atoms with van der Waals surface area (Å²) in [7, 11) is 0. The first-order chi connectivity index (χ1) is 8.61. The lowest BCUT2D eigenvalue weighted by molar-refractivity contribution is 0.0519. The number of carbonyl (C=O) groups is 1. The second-order valence-electron chi connectivity index (χ2n) is 3.70. The molecule has 0 radical (unpaired) electrons. The summed E-state index contributed by atoms with van der Waals surface area (Å²) in [6.07, 6.45) is 0. The van der Waals surface area contributed by atoms with Crippen LogP contribution in [0, 0.1) is 6.92 Å². The Hall–Kier alpha value is -2.37. The third-order valence-corrected chi connectivity index (χ3v) is 2.32. The number of nitrogens with one attached hydrogen (secondary N) is 1. The predicted molar refractivity (Wildman–Crippen MR) is 64.9 cm³/mol. The highest BCUT2D eigenvalue weighted by Crippen LogP contribution is 2.03. The highest BCUT2D eigenvalue weighted by Gasteiger charge is 2.13. The summed E-state index contributed by atoms with van der Waals surface area (Å²) in [6.45, 7) is 3.79. The van der Waals surface area contributed by atoms with Crippen molar-refractivity contribution in [3.63, 3.8) is 0 Å². The maximum absolute atomic E-state index is 11.7. The van der Waals surface area contributed by atoms with E-state index in [9.17, 15) is 9.59 Å². The maximum Gasteiger partial charge on any atom is 0.356 e. The number of ether oxygens (including phenoxy) is 1. The molecule has 0 fully saturated rings. The molecule has 0 saturated heterocycles. The maximum atomic E-state index is 11.7.